The Kier molecular flexibility index (Phi) is 3.16. The molecule has 0 radical (unpaired) electrons. The second-order valence-corrected chi connectivity index (χ2v) is 7.42. The summed E-state index contributed by atoms with van der Waals surface area (Å²) in [4.78, 5) is 12.3. The van der Waals surface area contributed by atoms with E-state index >= 15 is 0 Å². The van der Waals surface area contributed by atoms with Crippen LogP contribution in [0, 0.1) is 22.7 Å². The quantitative estimate of drug-likeness (QED) is 0.720. The molecule has 0 spiro atoms. The van der Waals surface area contributed by atoms with Crippen molar-refractivity contribution in [3.8, 4) is 0 Å². The zero-order valence-corrected chi connectivity index (χ0v) is 12.4. The van der Waals surface area contributed by atoms with Gasteiger partial charge < -0.3 is 9.47 Å². The summed E-state index contributed by atoms with van der Waals surface area (Å²) in [6, 6.07) is 0. The molecule has 19 heavy (non-hydrogen) atoms. The van der Waals surface area contributed by atoms with E-state index in [0.717, 1.165) is 25.2 Å². The van der Waals surface area contributed by atoms with Gasteiger partial charge in [-0.05, 0) is 43.4 Å². The summed E-state index contributed by atoms with van der Waals surface area (Å²) in [5.41, 5.74) is 0.492. The van der Waals surface area contributed by atoms with Gasteiger partial charge in [0, 0.05) is 18.6 Å². The summed E-state index contributed by atoms with van der Waals surface area (Å²) in [6.07, 6.45) is 5.37. The number of ether oxygens (including phenoxy) is 2. The summed E-state index contributed by atoms with van der Waals surface area (Å²) in [7, 11) is 0. The van der Waals surface area contributed by atoms with E-state index < -0.39 is 0 Å². The molecule has 3 unspecified atom stereocenters. The molecular weight excluding hydrogens is 240 g/mol. The van der Waals surface area contributed by atoms with Gasteiger partial charge in [-0.1, -0.05) is 20.8 Å². The molecule has 3 aliphatic rings. The van der Waals surface area contributed by atoms with Crippen molar-refractivity contribution in [1.29, 1.82) is 0 Å². The maximum atomic E-state index is 12.3. The molecule has 3 fully saturated rings. The average Bonchev–Trinajstić information content (AvgIpc) is 2.73. The molecular formula is C16H26O3. The van der Waals surface area contributed by atoms with E-state index in [1.165, 1.54) is 12.8 Å². The topological polar surface area (TPSA) is 35.5 Å². The van der Waals surface area contributed by atoms with Gasteiger partial charge in [0.2, 0.25) is 0 Å². The van der Waals surface area contributed by atoms with E-state index in [1.54, 1.807) is 0 Å². The van der Waals surface area contributed by atoms with Gasteiger partial charge in [-0.3, -0.25) is 4.79 Å². The van der Waals surface area contributed by atoms with Crippen LogP contribution in [-0.4, -0.2) is 25.3 Å². The molecule has 2 saturated carbocycles. The second kappa shape index (κ2) is 4.47. The Bertz CT molecular complexity index is 370. The van der Waals surface area contributed by atoms with E-state index in [1.807, 2.05) is 0 Å². The molecule has 0 amide bonds. The zero-order valence-electron chi connectivity index (χ0n) is 12.4. The Labute approximate surface area is 116 Å². The van der Waals surface area contributed by atoms with E-state index in [-0.39, 0.29) is 23.4 Å². The summed E-state index contributed by atoms with van der Waals surface area (Å²) in [5, 5.41) is 0. The fourth-order valence-electron chi connectivity index (χ4n) is 4.48. The van der Waals surface area contributed by atoms with Crippen LogP contribution >= 0.6 is 0 Å². The van der Waals surface area contributed by atoms with Gasteiger partial charge >= 0.3 is 5.97 Å². The smallest absolute Gasteiger partial charge is 0.309 e. The van der Waals surface area contributed by atoms with Crippen LogP contribution < -0.4 is 0 Å². The first-order valence-corrected chi connectivity index (χ1v) is 7.73. The highest BCUT2D eigenvalue weighted by Gasteiger charge is 2.62. The average molecular weight is 266 g/mol. The minimum atomic E-state index is 0.0258. The fraction of sp³-hybridized carbons (Fsp3) is 0.938. The Morgan fingerprint density at radius 2 is 1.84 bits per heavy atom. The standard InChI is InChI=1S/C16H26O3/c1-15(2)12-4-7-16(15,3)13(10-12)19-14(17)11-5-8-18-9-6-11/h11-13H,4-10H2,1-3H3. The predicted molar refractivity (Wildman–Crippen MR) is 72.7 cm³/mol. The first kappa shape index (κ1) is 13.4. The lowest BCUT2D eigenvalue weighted by Gasteiger charge is -2.39. The lowest BCUT2D eigenvalue weighted by Crippen LogP contribution is -2.40. The third-order valence-electron chi connectivity index (χ3n) is 6.53. The van der Waals surface area contributed by atoms with Crippen molar-refractivity contribution in [2.24, 2.45) is 22.7 Å². The van der Waals surface area contributed by atoms with Crippen molar-refractivity contribution < 1.29 is 14.3 Å². The lowest BCUT2D eigenvalue weighted by atomic mass is 9.70. The minimum absolute atomic E-state index is 0.0258. The summed E-state index contributed by atoms with van der Waals surface area (Å²) >= 11 is 0. The van der Waals surface area contributed by atoms with Gasteiger partial charge in [0.05, 0.1) is 5.92 Å². The maximum Gasteiger partial charge on any atom is 0.309 e. The van der Waals surface area contributed by atoms with Crippen LogP contribution in [0.2, 0.25) is 0 Å². The van der Waals surface area contributed by atoms with Gasteiger partial charge in [0.1, 0.15) is 6.10 Å². The molecule has 3 atom stereocenters. The molecule has 0 aromatic rings. The molecule has 108 valence electrons. The largest absolute Gasteiger partial charge is 0.462 e. The molecule has 0 aromatic heterocycles. The van der Waals surface area contributed by atoms with Crippen molar-refractivity contribution >= 4 is 5.97 Å². The molecule has 3 heteroatoms. The van der Waals surface area contributed by atoms with Crippen LogP contribution in [0.25, 0.3) is 0 Å². The molecule has 2 aliphatic carbocycles. The van der Waals surface area contributed by atoms with Crippen LogP contribution in [0.3, 0.4) is 0 Å². The number of hydrogen-bond acceptors (Lipinski definition) is 3. The second-order valence-electron chi connectivity index (χ2n) is 7.42. The normalized spacial score (nSPS) is 41.4. The third-order valence-corrected chi connectivity index (χ3v) is 6.53. The lowest BCUT2D eigenvalue weighted by molar-refractivity contribution is -0.164. The van der Waals surface area contributed by atoms with Gasteiger partial charge in [-0.15, -0.1) is 0 Å². The molecule has 2 bridgehead atoms. The number of rotatable bonds is 2. The zero-order chi connectivity index (χ0) is 13.7. The SMILES string of the molecule is CC1(C)C2CCC1(C)C(OC(=O)C1CCOCC1)C2. The van der Waals surface area contributed by atoms with E-state index in [2.05, 4.69) is 20.8 Å². The number of fused-ring (bicyclic) bond motifs is 2. The molecule has 1 saturated heterocycles. The first-order chi connectivity index (χ1) is 8.95. The first-order valence-electron chi connectivity index (χ1n) is 7.73. The Balaban J connectivity index is 1.66. The van der Waals surface area contributed by atoms with Crippen LogP contribution in [0.1, 0.15) is 52.9 Å². The Morgan fingerprint density at radius 3 is 2.37 bits per heavy atom. The van der Waals surface area contributed by atoms with Crippen LogP contribution in [0.4, 0.5) is 0 Å². The van der Waals surface area contributed by atoms with Gasteiger partial charge in [0.15, 0.2) is 0 Å². The Morgan fingerprint density at radius 1 is 1.16 bits per heavy atom. The van der Waals surface area contributed by atoms with E-state index in [4.69, 9.17) is 9.47 Å². The van der Waals surface area contributed by atoms with Crippen molar-refractivity contribution in [2.45, 2.75) is 59.0 Å². The molecule has 1 aliphatic heterocycles. The van der Waals surface area contributed by atoms with Gasteiger partial charge in [-0.25, -0.2) is 0 Å². The number of hydrogen-bond donors (Lipinski definition) is 0. The van der Waals surface area contributed by atoms with Crippen molar-refractivity contribution in [3.63, 3.8) is 0 Å². The summed E-state index contributed by atoms with van der Waals surface area (Å²) < 4.78 is 11.2. The molecule has 0 N–H and O–H groups in total. The third kappa shape index (κ3) is 1.93. The van der Waals surface area contributed by atoms with E-state index in [0.29, 0.717) is 18.6 Å². The van der Waals surface area contributed by atoms with Gasteiger partial charge in [0.25, 0.3) is 0 Å². The predicted octanol–water partition coefficient (Wildman–Crippen LogP) is 3.17. The van der Waals surface area contributed by atoms with Crippen molar-refractivity contribution in [3.05, 3.63) is 0 Å². The molecule has 3 rings (SSSR count). The van der Waals surface area contributed by atoms with Crippen LogP contribution in [-0.2, 0) is 14.3 Å². The van der Waals surface area contributed by atoms with E-state index in [9.17, 15) is 4.79 Å². The summed E-state index contributed by atoms with van der Waals surface area (Å²) in [5.74, 6) is 0.822. The molecule has 0 aromatic carbocycles. The molecule has 1 heterocycles. The highest BCUT2D eigenvalue weighted by Crippen LogP contribution is 2.66. The maximum absolute atomic E-state index is 12.3. The Hall–Kier alpha value is -0.570. The number of esters is 1. The van der Waals surface area contributed by atoms with Gasteiger partial charge in [-0.2, -0.15) is 0 Å². The van der Waals surface area contributed by atoms with Crippen molar-refractivity contribution in [1.82, 2.24) is 0 Å². The number of carbonyl (C=O) groups is 1. The highest BCUT2D eigenvalue weighted by molar-refractivity contribution is 5.72. The van der Waals surface area contributed by atoms with Crippen molar-refractivity contribution in [2.75, 3.05) is 13.2 Å². The van der Waals surface area contributed by atoms with Crippen LogP contribution in [0.15, 0.2) is 0 Å². The number of carbonyl (C=O) groups excluding carboxylic acids is 1. The monoisotopic (exact) mass is 266 g/mol. The fourth-order valence-corrected chi connectivity index (χ4v) is 4.48. The minimum Gasteiger partial charge on any atom is -0.462 e. The molecule has 3 nitrogen and oxygen atoms in total. The summed E-state index contributed by atoms with van der Waals surface area (Å²) in [6.45, 7) is 8.44. The highest BCUT2D eigenvalue weighted by atomic mass is 16.5. The van der Waals surface area contributed by atoms with Crippen LogP contribution in [0.5, 0.6) is 0 Å².